The van der Waals surface area contributed by atoms with E-state index in [1.807, 2.05) is 26.0 Å². The van der Waals surface area contributed by atoms with Gasteiger partial charge in [-0.2, -0.15) is 0 Å². The molecule has 0 saturated heterocycles. The molecule has 4 nitrogen and oxygen atoms in total. The number of nitrogens with zero attached hydrogens (tertiary/aromatic N) is 2. The maximum absolute atomic E-state index is 12.1. The van der Waals surface area contributed by atoms with Gasteiger partial charge in [-0.25, -0.2) is 4.79 Å². The van der Waals surface area contributed by atoms with Crippen molar-refractivity contribution in [1.29, 1.82) is 0 Å². The Bertz CT molecular complexity index is 907. The van der Waals surface area contributed by atoms with E-state index in [-0.39, 0.29) is 5.97 Å². The molecular weight excluding hydrogens is 276 g/mol. The summed E-state index contributed by atoms with van der Waals surface area (Å²) in [6, 6.07) is 6.02. The van der Waals surface area contributed by atoms with Crippen LogP contribution in [0.4, 0.5) is 0 Å². The highest BCUT2D eigenvalue weighted by Crippen LogP contribution is 2.32. The molecule has 0 unspecified atom stereocenters. The van der Waals surface area contributed by atoms with Crippen LogP contribution in [-0.4, -0.2) is 22.1 Å². The predicted molar refractivity (Wildman–Crippen MR) is 88.4 cm³/mol. The van der Waals surface area contributed by atoms with E-state index < -0.39 is 0 Å². The van der Waals surface area contributed by atoms with Crippen LogP contribution in [0.2, 0.25) is 0 Å². The standard InChI is InChI=1S/C18H20N2O2/c1-6-22-18(21)13-9-14-15(19-11(13)3)7-8-16-17(14)10(2)12(4)20(16)5/h7-9H,6H2,1-5H3. The summed E-state index contributed by atoms with van der Waals surface area (Å²) in [6.45, 7) is 8.24. The van der Waals surface area contributed by atoms with Crippen molar-refractivity contribution in [3.63, 3.8) is 0 Å². The molecular formula is C18H20N2O2. The van der Waals surface area contributed by atoms with Gasteiger partial charge in [-0.05, 0) is 51.5 Å². The van der Waals surface area contributed by atoms with E-state index in [9.17, 15) is 4.79 Å². The highest BCUT2D eigenvalue weighted by molar-refractivity contribution is 6.09. The molecule has 0 saturated carbocycles. The van der Waals surface area contributed by atoms with Gasteiger partial charge in [0.15, 0.2) is 0 Å². The maximum Gasteiger partial charge on any atom is 0.339 e. The molecule has 0 fully saturated rings. The molecule has 0 aliphatic carbocycles. The number of ether oxygens (including phenoxy) is 1. The molecule has 114 valence electrons. The summed E-state index contributed by atoms with van der Waals surface area (Å²) in [5.41, 5.74) is 5.76. The number of aromatic nitrogens is 2. The molecule has 22 heavy (non-hydrogen) atoms. The van der Waals surface area contributed by atoms with Gasteiger partial charge in [-0.15, -0.1) is 0 Å². The van der Waals surface area contributed by atoms with Crippen LogP contribution in [0.3, 0.4) is 0 Å². The number of aryl methyl sites for hydroxylation is 3. The molecule has 3 rings (SSSR count). The van der Waals surface area contributed by atoms with Gasteiger partial charge in [-0.1, -0.05) is 0 Å². The van der Waals surface area contributed by atoms with E-state index in [2.05, 4.69) is 36.5 Å². The highest BCUT2D eigenvalue weighted by Gasteiger charge is 2.17. The van der Waals surface area contributed by atoms with Crippen LogP contribution in [-0.2, 0) is 11.8 Å². The van der Waals surface area contributed by atoms with Crippen LogP contribution in [0.5, 0.6) is 0 Å². The second kappa shape index (κ2) is 5.13. The molecule has 4 heteroatoms. The Labute approximate surface area is 129 Å². The van der Waals surface area contributed by atoms with E-state index in [0.717, 1.165) is 21.8 Å². The van der Waals surface area contributed by atoms with E-state index >= 15 is 0 Å². The number of rotatable bonds is 2. The van der Waals surface area contributed by atoms with Crippen molar-refractivity contribution in [2.75, 3.05) is 6.61 Å². The zero-order valence-corrected chi connectivity index (χ0v) is 13.7. The van der Waals surface area contributed by atoms with E-state index in [1.54, 1.807) is 0 Å². The fourth-order valence-electron chi connectivity index (χ4n) is 3.03. The van der Waals surface area contributed by atoms with Crippen molar-refractivity contribution in [3.8, 4) is 0 Å². The van der Waals surface area contributed by atoms with Crippen LogP contribution in [0.1, 0.15) is 34.2 Å². The van der Waals surface area contributed by atoms with Gasteiger partial charge in [0.2, 0.25) is 0 Å². The number of pyridine rings is 1. The van der Waals surface area contributed by atoms with Crippen molar-refractivity contribution in [2.24, 2.45) is 7.05 Å². The molecule has 0 N–H and O–H groups in total. The van der Waals surface area contributed by atoms with Crippen LogP contribution in [0, 0.1) is 20.8 Å². The lowest BCUT2D eigenvalue weighted by Crippen LogP contribution is -2.08. The Morgan fingerprint density at radius 3 is 2.68 bits per heavy atom. The van der Waals surface area contributed by atoms with Gasteiger partial charge in [0, 0.05) is 29.0 Å². The second-order valence-electron chi connectivity index (χ2n) is 5.64. The number of carbonyl (C=O) groups is 1. The first-order valence-electron chi connectivity index (χ1n) is 7.48. The summed E-state index contributed by atoms with van der Waals surface area (Å²) in [5, 5.41) is 2.17. The maximum atomic E-state index is 12.1. The van der Waals surface area contributed by atoms with Crippen LogP contribution in [0.25, 0.3) is 21.8 Å². The summed E-state index contributed by atoms with van der Waals surface area (Å²) < 4.78 is 7.32. The minimum Gasteiger partial charge on any atom is -0.462 e. The average molecular weight is 296 g/mol. The second-order valence-corrected chi connectivity index (χ2v) is 5.64. The van der Waals surface area contributed by atoms with Gasteiger partial charge in [0.1, 0.15) is 0 Å². The number of hydrogen-bond acceptors (Lipinski definition) is 3. The number of fused-ring (bicyclic) bond motifs is 3. The largest absolute Gasteiger partial charge is 0.462 e. The first-order valence-corrected chi connectivity index (χ1v) is 7.48. The fraction of sp³-hybridized carbons (Fsp3) is 0.333. The third-order valence-electron chi connectivity index (χ3n) is 4.44. The number of hydrogen-bond donors (Lipinski definition) is 0. The minimum absolute atomic E-state index is 0.309. The molecule has 2 heterocycles. The summed E-state index contributed by atoms with van der Waals surface area (Å²) >= 11 is 0. The molecule has 0 spiro atoms. The zero-order valence-electron chi connectivity index (χ0n) is 13.7. The van der Waals surface area contributed by atoms with Gasteiger partial charge < -0.3 is 9.30 Å². The average Bonchev–Trinajstić information content (AvgIpc) is 2.71. The summed E-state index contributed by atoms with van der Waals surface area (Å²) in [4.78, 5) is 16.7. The molecule has 0 radical (unpaired) electrons. The quantitative estimate of drug-likeness (QED) is 0.675. The third-order valence-corrected chi connectivity index (χ3v) is 4.44. The van der Waals surface area contributed by atoms with Crippen molar-refractivity contribution in [1.82, 2.24) is 9.55 Å². The summed E-state index contributed by atoms with van der Waals surface area (Å²) in [5.74, 6) is -0.309. The molecule has 0 bridgehead atoms. The first-order chi connectivity index (χ1) is 10.5. The smallest absolute Gasteiger partial charge is 0.339 e. The normalized spacial score (nSPS) is 11.3. The molecule has 0 aliphatic heterocycles. The molecule has 3 aromatic rings. The minimum atomic E-state index is -0.309. The molecule has 0 atom stereocenters. The summed E-state index contributed by atoms with van der Waals surface area (Å²) in [7, 11) is 2.06. The Balaban J connectivity index is 2.40. The lowest BCUT2D eigenvalue weighted by molar-refractivity contribution is 0.0525. The lowest BCUT2D eigenvalue weighted by atomic mass is 10.0. The monoisotopic (exact) mass is 296 g/mol. The van der Waals surface area contributed by atoms with Crippen molar-refractivity contribution in [2.45, 2.75) is 27.7 Å². The predicted octanol–water partition coefficient (Wildman–Crippen LogP) is 3.83. The molecule has 1 aromatic carbocycles. The Kier molecular flexibility index (Phi) is 3.39. The first kappa shape index (κ1) is 14.6. The fourth-order valence-corrected chi connectivity index (χ4v) is 3.03. The molecule has 2 aromatic heterocycles. The van der Waals surface area contributed by atoms with Crippen molar-refractivity contribution in [3.05, 3.63) is 40.7 Å². The topological polar surface area (TPSA) is 44.1 Å². The van der Waals surface area contributed by atoms with Crippen LogP contribution in [0.15, 0.2) is 18.2 Å². The van der Waals surface area contributed by atoms with Crippen LogP contribution < -0.4 is 0 Å². The van der Waals surface area contributed by atoms with Crippen LogP contribution >= 0.6 is 0 Å². The van der Waals surface area contributed by atoms with E-state index in [0.29, 0.717) is 17.9 Å². The van der Waals surface area contributed by atoms with Crippen molar-refractivity contribution >= 4 is 27.8 Å². The number of benzene rings is 1. The Morgan fingerprint density at radius 1 is 1.27 bits per heavy atom. The molecule has 0 amide bonds. The Hall–Kier alpha value is -2.36. The third kappa shape index (κ3) is 1.98. The number of carbonyl (C=O) groups excluding carboxylic acids is 1. The molecule has 0 aliphatic rings. The van der Waals surface area contributed by atoms with Gasteiger partial charge in [0.05, 0.1) is 23.4 Å². The summed E-state index contributed by atoms with van der Waals surface area (Å²) in [6.07, 6.45) is 0. The highest BCUT2D eigenvalue weighted by atomic mass is 16.5. The van der Waals surface area contributed by atoms with Gasteiger partial charge >= 0.3 is 5.97 Å². The van der Waals surface area contributed by atoms with Gasteiger partial charge in [0.25, 0.3) is 0 Å². The van der Waals surface area contributed by atoms with E-state index in [1.165, 1.54) is 11.3 Å². The lowest BCUT2D eigenvalue weighted by Gasteiger charge is -2.08. The van der Waals surface area contributed by atoms with Gasteiger partial charge in [-0.3, -0.25) is 4.98 Å². The zero-order chi connectivity index (χ0) is 16.0. The SMILES string of the molecule is CCOC(=O)c1cc2c(ccc3c2c(C)c(C)n3C)nc1C. The van der Waals surface area contributed by atoms with E-state index in [4.69, 9.17) is 4.74 Å². The van der Waals surface area contributed by atoms with Crippen molar-refractivity contribution < 1.29 is 9.53 Å². The Morgan fingerprint density at radius 2 is 2.00 bits per heavy atom. The number of esters is 1.